The molecule has 61 heavy (non-hydrogen) atoms. The van der Waals surface area contributed by atoms with Gasteiger partial charge in [0.2, 0.25) is 5.91 Å². The van der Waals surface area contributed by atoms with Gasteiger partial charge >= 0.3 is 5.97 Å². The number of allylic oxidation sites excluding steroid dienone is 8. The number of hydrogen-bond donors (Lipinski definition) is 3. The van der Waals surface area contributed by atoms with Crippen molar-refractivity contribution in [3.8, 4) is 0 Å². The van der Waals surface area contributed by atoms with Crippen LogP contribution in [0.3, 0.4) is 0 Å². The summed E-state index contributed by atoms with van der Waals surface area (Å²) < 4.78 is 5.90. The molecule has 6 nitrogen and oxygen atoms in total. The van der Waals surface area contributed by atoms with E-state index < -0.39 is 18.2 Å². The summed E-state index contributed by atoms with van der Waals surface area (Å²) >= 11 is 0. The third-order valence-corrected chi connectivity index (χ3v) is 11.9. The molecular formula is C55H101NO5. The van der Waals surface area contributed by atoms with Crippen LogP contribution in [0.25, 0.3) is 0 Å². The molecule has 0 aliphatic heterocycles. The van der Waals surface area contributed by atoms with Gasteiger partial charge in [0, 0.05) is 6.42 Å². The van der Waals surface area contributed by atoms with E-state index in [2.05, 4.69) is 68.6 Å². The standard InChI is InChI=1S/C55H101NO5/c1-4-7-10-13-16-19-22-25-26-27-28-30-31-34-37-40-43-46-51(61-55(60)48-45-42-39-36-33-29-23-20-17-14-11-8-5-2)49-54(59)56-52(50-57)53(58)47-44-41-38-35-32-24-21-18-15-12-9-6-3/h16,19,25-26,29,33,39,42,51-53,57-58H,4-15,17-18,20-24,27-28,30-32,34-38,40-41,43-50H2,1-3H3,(H,56,59)/b19-16-,26-25-,33-29-,42-39+. The Hall–Kier alpha value is -2.18. The molecule has 0 bridgehead atoms. The molecule has 0 saturated heterocycles. The van der Waals surface area contributed by atoms with E-state index in [1.165, 1.54) is 148 Å². The first kappa shape index (κ1) is 58.8. The molecule has 0 heterocycles. The van der Waals surface area contributed by atoms with E-state index in [-0.39, 0.29) is 31.3 Å². The van der Waals surface area contributed by atoms with Crippen molar-refractivity contribution in [2.45, 2.75) is 283 Å². The van der Waals surface area contributed by atoms with E-state index in [4.69, 9.17) is 4.74 Å². The van der Waals surface area contributed by atoms with Gasteiger partial charge in [0.05, 0.1) is 25.2 Å². The summed E-state index contributed by atoms with van der Waals surface area (Å²) in [6, 6.07) is -0.714. The highest BCUT2D eigenvalue weighted by Crippen LogP contribution is 2.17. The van der Waals surface area contributed by atoms with E-state index >= 15 is 0 Å². The molecule has 3 N–H and O–H groups in total. The van der Waals surface area contributed by atoms with Gasteiger partial charge in [0.15, 0.2) is 0 Å². The number of amides is 1. The number of rotatable bonds is 47. The fraction of sp³-hybridized carbons (Fsp3) is 0.818. The average Bonchev–Trinajstić information content (AvgIpc) is 3.25. The Morgan fingerprint density at radius 3 is 1.28 bits per heavy atom. The van der Waals surface area contributed by atoms with Crippen molar-refractivity contribution in [1.29, 1.82) is 0 Å². The molecule has 1 amide bonds. The molecule has 0 aromatic carbocycles. The van der Waals surface area contributed by atoms with Crippen LogP contribution in [0.1, 0.15) is 265 Å². The smallest absolute Gasteiger partial charge is 0.306 e. The van der Waals surface area contributed by atoms with Crippen LogP contribution in [0.2, 0.25) is 0 Å². The fourth-order valence-corrected chi connectivity index (χ4v) is 7.87. The molecule has 0 radical (unpaired) electrons. The predicted molar refractivity (Wildman–Crippen MR) is 264 cm³/mol. The molecular weight excluding hydrogens is 755 g/mol. The number of nitrogens with one attached hydrogen (secondary N) is 1. The summed E-state index contributed by atoms with van der Waals surface area (Å²) in [6.07, 6.45) is 58.9. The average molecular weight is 856 g/mol. The third kappa shape index (κ3) is 44.2. The van der Waals surface area contributed by atoms with Gasteiger partial charge in [-0.2, -0.15) is 0 Å². The van der Waals surface area contributed by atoms with E-state index in [1.807, 2.05) is 6.08 Å². The lowest BCUT2D eigenvalue weighted by atomic mass is 10.0. The first-order valence-corrected chi connectivity index (χ1v) is 26.4. The minimum absolute atomic E-state index is 0.0506. The number of hydrogen-bond acceptors (Lipinski definition) is 5. The van der Waals surface area contributed by atoms with Gasteiger partial charge in [0.25, 0.3) is 0 Å². The van der Waals surface area contributed by atoms with Gasteiger partial charge in [-0.3, -0.25) is 9.59 Å². The van der Waals surface area contributed by atoms with Gasteiger partial charge in [-0.1, -0.05) is 223 Å². The van der Waals surface area contributed by atoms with E-state index in [0.717, 1.165) is 64.2 Å². The molecule has 0 aliphatic carbocycles. The van der Waals surface area contributed by atoms with Crippen LogP contribution in [-0.4, -0.2) is 46.9 Å². The molecule has 0 aromatic rings. The van der Waals surface area contributed by atoms with Crippen molar-refractivity contribution < 1.29 is 24.5 Å². The number of aliphatic hydroxyl groups excluding tert-OH is 2. The van der Waals surface area contributed by atoms with Crippen LogP contribution in [0.15, 0.2) is 48.6 Å². The first-order valence-electron chi connectivity index (χ1n) is 26.4. The molecule has 3 atom stereocenters. The lowest BCUT2D eigenvalue weighted by Gasteiger charge is -2.24. The summed E-state index contributed by atoms with van der Waals surface area (Å²) in [5.41, 5.74) is 0. The second kappa shape index (κ2) is 48.8. The van der Waals surface area contributed by atoms with Gasteiger partial charge in [0.1, 0.15) is 6.10 Å². The molecule has 6 heteroatoms. The number of aliphatic hydroxyl groups is 2. The van der Waals surface area contributed by atoms with Crippen LogP contribution < -0.4 is 5.32 Å². The van der Waals surface area contributed by atoms with Crippen molar-refractivity contribution in [3.63, 3.8) is 0 Å². The molecule has 0 aromatic heterocycles. The summed E-state index contributed by atoms with van der Waals surface area (Å²) in [5.74, 6) is -0.556. The first-order chi connectivity index (χ1) is 30.0. The Morgan fingerprint density at radius 2 is 0.836 bits per heavy atom. The van der Waals surface area contributed by atoms with Gasteiger partial charge in [-0.25, -0.2) is 0 Å². The highest BCUT2D eigenvalue weighted by Gasteiger charge is 2.24. The molecule has 0 saturated carbocycles. The van der Waals surface area contributed by atoms with Gasteiger partial charge < -0.3 is 20.3 Å². The third-order valence-electron chi connectivity index (χ3n) is 11.9. The Kier molecular flexibility index (Phi) is 47.1. The predicted octanol–water partition coefficient (Wildman–Crippen LogP) is 15.8. The van der Waals surface area contributed by atoms with Crippen molar-refractivity contribution in [1.82, 2.24) is 5.32 Å². The molecule has 0 rings (SSSR count). The van der Waals surface area contributed by atoms with Crippen molar-refractivity contribution in [2.24, 2.45) is 0 Å². The Labute approximate surface area is 378 Å². The van der Waals surface area contributed by atoms with Gasteiger partial charge in [-0.15, -0.1) is 0 Å². The number of carbonyl (C=O) groups is 2. The SMILES string of the molecule is CCCCC/C=C\C/C=C\CCCCCCCCCC(CC(=O)NC(CO)C(O)CCCCCCCCCCCCCC)OC(=O)CC/C=C/C/C=C\CCCCCCCC. The lowest BCUT2D eigenvalue weighted by Crippen LogP contribution is -2.46. The maximum atomic E-state index is 13.2. The summed E-state index contributed by atoms with van der Waals surface area (Å²) in [7, 11) is 0. The zero-order chi connectivity index (χ0) is 44.5. The molecule has 3 unspecified atom stereocenters. The summed E-state index contributed by atoms with van der Waals surface area (Å²) in [6.45, 7) is 6.44. The van der Waals surface area contributed by atoms with Crippen LogP contribution in [0.5, 0.6) is 0 Å². The fourth-order valence-electron chi connectivity index (χ4n) is 7.87. The number of carbonyl (C=O) groups excluding carboxylic acids is 2. The second-order valence-electron chi connectivity index (χ2n) is 17.9. The molecule has 0 spiro atoms. The maximum Gasteiger partial charge on any atom is 0.306 e. The summed E-state index contributed by atoms with van der Waals surface area (Å²) in [5, 5.41) is 23.8. The zero-order valence-electron chi connectivity index (χ0n) is 40.5. The van der Waals surface area contributed by atoms with Crippen LogP contribution in [-0.2, 0) is 14.3 Å². The van der Waals surface area contributed by atoms with Crippen LogP contribution >= 0.6 is 0 Å². The van der Waals surface area contributed by atoms with Crippen molar-refractivity contribution in [3.05, 3.63) is 48.6 Å². The van der Waals surface area contributed by atoms with Gasteiger partial charge in [-0.05, 0) is 77.0 Å². The molecule has 356 valence electrons. The number of esters is 1. The van der Waals surface area contributed by atoms with Crippen molar-refractivity contribution >= 4 is 11.9 Å². The van der Waals surface area contributed by atoms with Crippen molar-refractivity contribution in [2.75, 3.05) is 6.61 Å². The topological polar surface area (TPSA) is 95.9 Å². The van der Waals surface area contributed by atoms with E-state index in [1.54, 1.807) is 0 Å². The highest BCUT2D eigenvalue weighted by molar-refractivity contribution is 5.77. The Balaban J connectivity index is 4.66. The van der Waals surface area contributed by atoms with Crippen LogP contribution in [0.4, 0.5) is 0 Å². The largest absolute Gasteiger partial charge is 0.462 e. The molecule has 0 fully saturated rings. The minimum Gasteiger partial charge on any atom is -0.462 e. The Morgan fingerprint density at radius 1 is 0.475 bits per heavy atom. The normalized spacial score (nSPS) is 13.6. The second-order valence-corrected chi connectivity index (χ2v) is 17.9. The Bertz CT molecular complexity index is 1050. The quantitative estimate of drug-likeness (QED) is 0.0322. The zero-order valence-corrected chi connectivity index (χ0v) is 40.5. The highest BCUT2D eigenvalue weighted by atomic mass is 16.5. The lowest BCUT2D eigenvalue weighted by molar-refractivity contribution is -0.150. The number of unbranched alkanes of at least 4 members (excludes halogenated alkanes) is 27. The minimum atomic E-state index is -0.798. The van der Waals surface area contributed by atoms with Crippen LogP contribution in [0, 0.1) is 0 Å². The summed E-state index contributed by atoms with van der Waals surface area (Å²) in [4.78, 5) is 26.1. The monoisotopic (exact) mass is 856 g/mol. The van der Waals surface area contributed by atoms with E-state index in [0.29, 0.717) is 19.3 Å². The van der Waals surface area contributed by atoms with E-state index in [9.17, 15) is 19.8 Å². The molecule has 0 aliphatic rings. The maximum absolute atomic E-state index is 13.2. The number of ether oxygens (including phenoxy) is 1.